The van der Waals surface area contributed by atoms with Gasteiger partial charge in [0.1, 0.15) is 40.1 Å². The highest BCUT2D eigenvalue weighted by molar-refractivity contribution is 5.56. The van der Waals surface area contributed by atoms with E-state index < -0.39 is 52.4 Å². The van der Waals surface area contributed by atoms with Gasteiger partial charge in [-0.1, -0.05) is 0 Å². The Morgan fingerprint density at radius 1 is 0.710 bits per heavy atom. The lowest BCUT2D eigenvalue weighted by atomic mass is 10.1. The molecule has 0 atom stereocenters. The Labute approximate surface area is 168 Å². The molecule has 0 bridgehead atoms. The van der Waals surface area contributed by atoms with Crippen molar-refractivity contribution in [2.75, 3.05) is 0 Å². The van der Waals surface area contributed by atoms with Crippen LogP contribution in [0.2, 0.25) is 0 Å². The van der Waals surface area contributed by atoms with Gasteiger partial charge in [0.25, 0.3) is 0 Å². The lowest BCUT2D eigenvalue weighted by Crippen LogP contribution is -2.25. The highest BCUT2D eigenvalue weighted by Crippen LogP contribution is 2.39. The third kappa shape index (κ3) is 4.57. The van der Waals surface area contributed by atoms with Crippen LogP contribution in [-0.4, -0.2) is 9.97 Å². The van der Waals surface area contributed by atoms with Crippen molar-refractivity contribution in [2.45, 2.75) is 19.2 Å². The van der Waals surface area contributed by atoms with Gasteiger partial charge in [-0.3, -0.25) is 0 Å². The summed E-state index contributed by atoms with van der Waals surface area (Å²) >= 11 is 0. The van der Waals surface area contributed by atoms with Crippen LogP contribution in [0, 0.1) is 30.2 Å². The Balaban J connectivity index is 1.98. The molecule has 1 aromatic heterocycles. The monoisotopic (exact) mass is 452 g/mol. The predicted molar refractivity (Wildman–Crippen MR) is 88.0 cm³/mol. The number of ether oxygens (including phenoxy) is 1. The molecule has 0 spiro atoms. The highest BCUT2D eigenvalue weighted by Gasteiger charge is 2.43. The molecule has 0 aliphatic carbocycles. The fraction of sp³-hybridized carbons (Fsp3) is 0.158. The molecule has 0 amide bonds. The summed E-state index contributed by atoms with van der Waals surface area (Å²) in [6.07, 6.45) is -7.64. The van der Waals surface area contributed by atoms with E-state index in [2.05, 4.69) is 14.7 Å². The molecule has 0 aliphatic rings. The van der Waals surface area contributed by atoms with E-state index in [-0.39, 0.29) is 23.5 Å². The van der Waals surface area contributed by atoms with Crippen molar-refractivity contribution in [3.8, 4) is 17.1 Å². The first kappa shape index (κ1) is 22.4. The molecule has 0 saturated heterocycles. The fourth-order valence-corrected chi connectivity index (χ4v) is 2.60. The van der Waals surface area contributed by atoms with Crippen LogP contribution in [0.15, 0.2) is 36.7 Å². The average Bonchev–Trinajstić information content (AvgIpc) is 2.58. The minimum absolute atomic E-state index is 0.175. The normalized spacial score (nSPS) is 12.2. The van der Waals surface area contributed by atoms with Crippen LogP contribution in [0.5, 0.6) is 5.75 Å². The number of benzene rings is 2. The molecule has 0 unspecified atom stereocenters. The van der Waals surface area contributed by atoms with E-state index in [1.807, 2.05) is 0 Å². The molecule has 0 saturated carbocycles. The van der Waals surface area contributed by atoms with Crippen LogP contribution in [0.3, 0.4) is 0 Å². The van der Waals surface area contributed by atoms with Gasteiger partial charge in [0.2, 0.25) is 0 Å². The summed E-state index contributed by atoms with van der Waals surface area (Å²) in [4.78, 5) is 7.60. The summed E-state index contributed by atoms with van der Waals surface area (Å²) in [5.74, 6) is -9.70. The van der Waals surface area contributed by atoms with Crippen LogP contribution in [0.4, 0.5) is 39.5 Å². The largest absolute Gasteiger partial charge is 0.432 e. The van der Waals surface area contributed by atoms with E-state index in [1.165, 1.54) is 12.4 Å². The zero-order valence-electron chi connectivity index (χ0n) is 15.2. The molecule has 1 heterocycles. The number of hydrogen-bond acceptors (Lipinski definition) is 3. The van der Waals surface area contributed by atoms with Crippen LogP contribution >= 0.6 is 0 Å². The van der Waals surface area contributed by atoms with Crippen LogP contribution in [0.25, 0.3) is 11.4 Å². The molecule has 0 aliphatic heterocycles. The van der Waals surface area contributed by atoms with E-state index in [0.717, 1.165) is 0 Å². The highest BCUT2D eigenvalue weighted by atomic mass is 19.4. The van der Waals surface area contributed by atoms with E-state index in [9.17, 15) is 39.5 Å². The van der Waals surface area contributed by atoms with Crippen LogP contribution < -0.4 is 4.74 Å². The van der Waals surface area contributed by atoms with Gasteiger partial charge < -0.3 is 4.74 Å². The minimum Gasteiger partial charge on any atom is -0.429 e. The van der Waals surface area contributed by atoms with Gasteiger partial charge in [0.05, 0.1) is 0 Å². The summed E-state index contributed by atoms with van der Waals surface area (Å²) in [5, 5.41) is 0. The van der Waals surface area contributed by atoms with Crippen molar-refractivity contribution in [2.24, 2.45) is 0 Å². The molecule has 3 aromatic rings. The molecular weight excluding hydrogens is 443 g/mol. The van der Waals surface area contributed by atoms with Crippen molar-refractivity contribution in [3.63, 3.8) is 0 Å². The minimum atomic E-state index is -5.44. The predicted octanol–water partition coefficient (Wildman–Crippen LogP) is 6.16. The van der Waals surface area contributed by atoms with Crippen molar-refractivity contribution < 1.29 is 44.3 Å². The first-order chi connectivity index (χ1) is 14.3. The molecular formula is C19H9F9N2O. The van der Waals surface area contributed by atoms with E-state index in [0.29, 0.717) is 17.7 Å². The first-order valence-corrected chi connectivity index (χ1v) is 8.21. The van der Waals surface area contributed by atoms with Crippen molar-refractivity contribution >= 4 is 0 Å². The van der Waals surface area contributed by atoms with E-state index in [4.69, 9.17) is 0 Å². The second-order valence-corrected chi connectivity index (χ2v) is 6.28. The fourth-order valence-electron chi connectivity index (χ4n) is 2.60. The third-order valence-corrected chi connectivity index (χ3v) is 3.92. The lowest BCUT2D eigenvalue weighted by Gasteiger charge is -2.20. The number of hydrogen-bond donors (Lipinski definition) is 0. The summed E-state index contributed by atoms with van der Waals surface area (Å²) in [6.45, 7) is 1.64. The standard InChI is InChI=1S/C19H9F9N2O/c1-8-6-29-17(30-7-8)9-2-11(20)16(12(21)3-9)19(27,28)31-10-4-13(22)15(14(23)5-10)18(24,25)26/h2-7H,1H3. The number of nitrogens with zero attached hydrogens (tertiary/aromatic N) is 2. The third-order valence-electron chi connectivity index (χ3n) is 3.92. The lowest BCUT2D eigenvalue weighted by molar-refractivity contribution is -0.189. The Morgan fingerprint density at radius 2 is 1.16 bits per heavy atom. The average molecular weight is 452 g/mol. The van der Waals surface area contributed by atoms with Gasteiger partial charge in [0, 0.05) is 30.1 Å². The first-order valence-electron chi connectivity index (χ1n) is 8.21. The smallest absolute Gasteiger partial charge is 0.429 e. The van der Waals surface area contributed by atoms with E-state index >= 15 is 0 Å². The van der Waals surface area contributed by atoms with Crippen molar-refractivity contribution in [3.05, 3.63) is 76.6 Å². The number of alkyl halides is 5. The molecule has 3 rings (SSSR count). The zero-order valence-corrected chi connectivity index (χ0v) is 15.2. The van der Waals surface area contributed by atoms with Crippen molar-refractivity contribution in [1.82, 2.24) is 9.97 Å². The van der Waals surface area contributed by atoms with Gasteiger partial charge >= 0.3 is 12.3 Å². The maximum atomic E-state index is 14.3. The maximum absolute atomic E-state index is 14.3. The number of aryl methyl sites for hydroxylation is 1. The summed E-state index contributed by atoms with van der Waals surface area (Å²) in [6, 6.07) is 0.608. The molecule has 12 heteroatoms. The Hall–Kier alpha value is -3.31. The molecule has 164 valence electrons. The molecule has 0 fully saturated rings. The second kappa shape index (κ2) is 7.75. The Bertz CT molecular complexity index is 1080. The Kier molecular flexibility index (Phi) is 5.59. The molecule has 0 N–H and O–H groups in total. The zero-order chi connectivity index (χ0) is 23.1. The Morgan fingerprint density at radius 3 is 1.61 bits per heavy atom. The van der Waals surface area contributed by atoms with Gasteiger partial charge in [-0.15, -0.1) is 0 Å². The molecule has 0 radical (unpaired) electrons. The number of halogens is 9. The second-order valence-electron chi connectivity index (χ2n) is 6.28. The van der Waals surface area contributed by atoms with Crippen LogP contribution in [0.1, 0.15) is 16.7 Å². The van der Waals surface area contributed by atoms with Gasteiger partial charge in [-0.25, -0.2) is 27.5 Å². The maximum Gasteiger partial charge on any atom is 0.432 e. The van der Waals surface area contributed by atoms with Gasteiger partial charge in [-0.05, 0) is 24.6 Å². The number of rotatable bonds is 4. The topological polar surface area (TPSA) is 35.0 Å². The SMILES string of the molecule is Cc1cnc(-c2cc(F)c(C(F)(F)Oc3cc(F)c(C(F)(F)F)c(F)c3)c(F)c2)nc1. The van der Waals surface area contributed by atoms with Gasteiger partial charge in [-0.2, -0.15) is 22.0 Å². The van der Waals surface area contributed by atoms with E-state index in [1.54, 1.807) is 6.92 Å². The number of aromatic nitrogens is 2. The quantitative estimate of drug-likeness (QED) is 0.445. The summed E-state index contributed by atoms with van der Waals surface area (Å²) < 4.78 is 126. The van der Waals surface area contributed by atoms with Crippen molar-refractivity contribution in [1.29, 1.82) is 0 Å². The molecule has 2 aromatic carbocycles. The molecule has 31 heavy (non-hydrogen) atoms. The molecule has 3 nitrogen and oxygen atoms in total. The van der Waals surface area contributed by atoms with Gasteiger partial charge in [0.15, 0.2) is 5.82 Å². The summed E-state index contributed by atoms with van der Waals surface area (Å²) in [7, 11) is 0. The summed E-state index contributed by atoms with van der Waals surface area (Å²) in [5.41, 5.74) is -3.93. The van der Waals surface area contributed by atoms with Crippen LogP contribution in [-0.2, 0) is 12.3 Å².